The zero-order valence-corrected chi connectivity index (χ0v) is 40.4. The van der Waals surface area contributed by atoms with Crippen molar-refractivity contribution in [2.45, 2.75) is 122 Å². The third kappa shape index (κ3) is 5.92. The van der Waals surface area contributed by atoms with Gasteiger partial charge in [-0.2, -0.15) is 0 Å². The van der Waals surface area contributed by atoms with E-state index in [9.17, 15) is 0 Å². The molecular formula is C52H68O2SiZr. The SMILES string of the molecule is Cc1ccc([O][Zr]([CH3])([CH3])(=[SiH2])([O]c2ccc(C)cc2C(C)(C)C)([CH]2C3=c4ccccc4=CCC3CC2C)[CH]2C3=c4ccccc4=CCC3CC2C)c(C(C)(C)C)c1. The molecule has 4 heteroatoms. The second-order valence-electron chi connectivity index (χ2n) is 23.0. The van der Waals surface area contributed by atoms with Crippen molar-refractivity contribution in [1.29, 1.82) is 0 Å². The third-order valence-electron chi connectivity index (χ3n) is 15.3. The Labute approximate surface area is 334 Å². The number of hydrogen-bond acceptors (Lipinski definition) is 2. The molecule has 4 aliphatic carbocycles. The van der Waals surface area contributed by atoms with Crippen LogP contribution in [0.5, 0.6) is 11.5 Å². The minimum atomic E-state index is -6.75. The predicted molar refractivity (Wildman–Crippen MR) is 240 cm³/mol. The molecule has 2 nitrogen and oxygen atoms in total. The fraction of sp³-hybridized carbons (Fsp3) is 0.462. The Balaban J connectivity index is 1.65. The summed E-state index contributed by atoms with van der Waals surface area (Å²) in [7, 11) is 0. The van der Waals surface area contributed by atoms with Crippen LogP contribution in [0, 0.1) is 37.5 Å². The summed E-state index contributed by atoms with van der Waals surface area (Å²) >= 11 is -6.75. The maximum absolute atomic E-state index is 8.94. The van der Waals surface area contributed by atoms with Crippen molar-refractivity contribution < 1.29 is 20.9 Å². The second kappa shape index (κ2) is 12.1. The first-order chi connectivity index (χ1) is 26.0. The van der Waals surface area contributed by atoms with Crippen LogP contribution in [0.1, 0.15) is 103 Å². The Morgan fingerprint density at radius 1 is 0.571 bits per heavy atom. The Kier molecular flexibility index (Phi) is 8.59. The first-order valence-electron chi connectivity index (χ1n) is 21.7. The van der Waals surface area contributed by atoms with Crippen LogP contribution >= 0.6 is 0 Å². The van der Waals surface area contributed by atoms with Crippen LogP contribution < -0.4 is 26.5 Å². The summed E-state index contributed by atoms with van der Waals surface area (Å²) in [6.07, 6.45) is 9.43. The number of hydrogen-bond donors (Lipinski definition) is 0. The van der Waals surface area contributed by atoms with Gasteiger partial charge < -0.3 is 0 Å². The molecule has 4 aliphatic rings. The van der Waals surface area contributed by atoms with Crippen LogP contribution in [0.25, 0.3) is 23.3 Å². The summed E-state index contributed by atoms with van der Waals surface area (Å²) in [5.74, 6) is 3.59. The minimum absolute atomic E-state index is 0.0740. The zero-order chi connectivity index (χ0) is 40.3. The molecule has 0 spiro atoms. The number of aryl methyl sites for hydroxylation is 2. The quantitative estimate of drug-likeness (QED) is 0.180. The van der Waals surface area contributed by atoms with Crippen LogP contribution in [0.2, 0.25) is 16.5 Å². The van der Waals surface area contributed by atoms with E-state index in [2.05, 4.69) is 182 Å². The Hall–Kier alpha value is -2.94. The van der Waals surface area contributed by atoms with E-state index >= 15 is 0 Å². The Bertz CT molecular complexity index is 2510. The van der Waals surface area contributed by atoms with E-state index in [4.69, 9.17) is 5.63 Å². The molecule has 0 amide bonds. The zero-order valence-electron chi connectivity index (χ0n) is 36.6. The van der Waals surface area contributed by atoms with Gasteiger partial charge in [0.15, 0.2) is 0 Å². The molecule has 2 saturated carbocycles. The van der Waals surface area contributed by atoms with Gasteiger partial charge in [0.05, 0.1) is 0 Å². The van der Waals surface area contributed by atoms with Gasteiger partial charge in [0.25, 0.3) is 0 Å². The van der Waals surface area contributed by atoms with Gasteiger partial charge in [-0.3, -0.25) is 0 Å². The van der Waals surface area contributed by atoms with Gasteiger partial charge in [0.1, 0.15) is 0 Å². The summed E-state index contributed by atoms with van der Waals surface area (Å²) in [6, 6.07) is 32.5. The third-order valence-corrected chi connectivity index (χ3v) is 44.5. The molecule has 56 heavy (non-hydrogen) atoms. The first kappa shape index (κ1) is 39.9. The molecule has 6 atom stereocenters. The van der Waals surface area contributed by atoms with E-state index in [1.807, 2.05) is 0 Å². The summed E-state index contributed by atoms with van der Waals surface area (Å²) in [6.45, 7) is 26.0. The molecule has 0 saturated heterocycles. The molecule has 296 valence electrons. The monoisotopic (exact) mass is 842 g/mol. The van der Waals surface area contributed by atoms with Crippen molar-refractivity contribution >= 4 is 30.2 Å². The first-order valence-corrected chi connectivity index (χ1v) is 37.4. The molecule has 0 aliphatic heterocycles. The number of rotatable bonds is 6. The average molecular weight is 844 g/mol. The normalized spacial score (nSPS) is 26.5. The van der Waals surface area contributed by atoms with E-state index in [-0.39, 0.29) is 18.1 Å². The predicted octanol–water partition coefficient (Wildman–Crippen LogP) is 10.6. The molecule has 4 aromatic carbocycles. The molecule has 0 heterocycles. The van der Waals surface area contributed by atoms with Gasteiger partial charge in [-0.05, 0) is 0 Å². The fourth-order valence-electron chi connectivity index (χ4n) is 13.8. The standard InChI is InChI=1S/2C14H15.2C11H16O.2CH3.H2Si.Zr/c2*1-10-8-12-7-6-11-4-2-3-5-13(11)14(12)9-10;2*1-8-5-6-10(12)9(7-8)11(2,3)4;;;;/h2*2-6,9-10,12H,7-8H2,1H3;2*5-7,12H,1-4H3;2*1H3;1H2;/q;;;;;;;+2/p-2. The van der Waals surface area contributed by atoms with Crippen LogP contribution in [-0.2, 0) is 26.1 Å². The molecule has 2 fully saturated rings. The van der Waals surface area contributed by atoms with Gasteiger partial charge in [0, 0.05) is 0 Å². The van der Waals surface area contributed by atoms with E-state index in [1.165, 1.54) is 43.1 Å². The van der Waals surface area contributed by atoms with Crippen molar-refractivity contribution in [3.8, 4) is 11.5 Å². The second-order valence-corrected chi connectivity index (χ2v) is 66.3. The van der Waals surface area contributed by atoms with E-state index in [0.717, 1.165) is 37.2 Å². The van der Waals surface area contributed by atoms with Crippen LogP contribution in [0.4, 0.5) is 0 Å². The van der Waals surface area contributed by atoms with Crippen molar-refractivity contribution in [2.24, 2.45) is 23.7 Å². The molecule has 4 aromatic rings. The maximum atomic E-state index is 8.94. The molecule has 6 unspecified atom stereocenters. The number of fused-ring (bicyclic) bond motifs is 4. The Morgan fingerprint density at radius 3 is 1.32 bits per heavy atom. The average Bonchev–Trinajstić information content (AvgIpc) is 3.67. The topological polar surface area (TPSA) is 18.5 Å². The van der Waals surface area contributed by atoms with Crippen molar-refractivity contribution in [1.82, 2.24) is 0 Å². The summed E-state index contributed by atoms with van der Waals surface area (Å²) in [4.78, 5) is 0. The molecule has 0 bridgehead atoms. The molecule has 0 N–H and O–H groups in total. The van der Waals surface area contributed by atoms with Gasteiger partial charge in [-0.15, -0.1) is 0 Å². The van der Waals surface area contributed by atoms with Crippen molar-refractivity contribution in [3.63, 3.8) is 0 Å². The van der Waals surface area contributed by atoms with Gasteiger partial charge in [0.2, 0.25) is 0 Å². The van der Waals surface area contributed by atoms with E-state index in [1.54, 1.807) is 11.1 Å². The van der Waals surface area contributed by atoms with Crippen molar-refractivity contribution in [3.05, 3.63) is 128 Å². The molecule has 8 rings (SSSR count). The summed E-state index contributed by atoms with van der Waals surface area (Å²) in [5.41, 5.74) is 7.96. The summed E-state index contributed by atoms with van der Waals surface area (Å²) in [5, 5.41) is 5.57. The van der Waals surface area contributed by atoms with Gasteiger partial charge in [-0.1, -0.05) is 0 Å². The van der Waals surface area contributed by atoms with E-state index in [0.29, 0.717) is 23.7 Å². The van der Waals surface area contributed by atoms with Crippen LogP contribution in [-0.4, -0.2) is 6.88 Å². The number of benzene rings is 4. The summed E-state index contributed by atoms with van der Waals surface area (Å²) < 4.78 is 23.4. The van der Waals surface area contributed by atoms with Gasteiger partial charge in [-0.25, -0.2) is 0 Å². The van der Waals surface area contributed by atoms with Crippen LogP contribution in [0.3, 0.4) is 0 Å². The van der Waals surface area contributed by atoms with Crippen molar-refractivity contribution in [2.75, 3.05) is 0 Å². The molecule has 0 radical (unpaired) electrons. The van der Waals surface area contributed by atoms with Gasteiger partial charge >= 0.3 is 337 Å². The Morgan fingerprint density at radius 2 is 0.946 bits per heavy atom. The molecule has 0 aromatic heterocycles. The molecular weight excluding hydrogens is 776 g/mol. The van der Waals surface area contributed by atoms with E-state index < -0.39 is 15.3 Å². The van der Waals surface area contributed by atoms with Crippen LogP contribution in [0.15, 0.2) is 84.9 Å². The fourth-order valence-corrected chi connectivity index (χ4v) is 51.2.